The summed E-state index contributed by atoms with van der Waals surface area (Å²) >= 11 is 0. The second-order valence-electron chi connectivity index (χ2n) is 6.87. The van der Waals surface area contributed by atoms with Gasteiger partial charge in [-0.1, -0.05) is 58.3 Å². The molecule has 0 aliphatic carbocycles. The molecule has 2 nitrogen and oxygen atoms in total. The second-order valence-corrected chi connectivity index (χ2v) is 6.87. The van der Waals surface area contributed by atoms with Gasteiger partial charge in [0.2, 0.25) is 0 Å². The average molecular weight is 308 g/mol. The quantitative estimate of drug-likeness (QED) is 0.402. The topological polar surface area (TPSA) is 20.2 Å². The number of halogens is 1. The minimum atomic E-state index is -0.182. The summed E-state index contributed by atoms with van der Waals surface area (Å²) in [6, 6.07) is 0. The van der Waals surface area contributed by atoms with Gasteiger partial charge in [-0.15, -0.1) is 0 Å². The molecule has 0 saturated carbocycles. The largest absolute Gasteiger partial charge is 1.00 e. The van der Waals surface area contributed by atoms with Crippen molar-refractivity contribution in [3.8, 4) is 0 Å². The molecule has 0 aromatic carbocycles. The van der Waals surface area contributed by atoms with Gasteiger partial charge in [0, 0.05) is 0 Å². The van der Waals surface area contributed by atoms with Crippen molar-refractivity contribution >= 4 is 0 Å². The summed E-state index contributed by atoms with van der Waals surface area (Å²) in [4.78, 5) is 0. The summed E-state index contributed by atoms with van der Waals surface area (Å²) < 4.78 is 0.953. The van der Waals surface area contributed by atoms with Crippen LogP contribution in [0.4, 0.5) is 0 Å². The number of nitrogens with zero attached hydrogens (tertiary/aromatic N) is 1. The van der Waals surface area contributed by atoms with E-state index < -0.39 is 0 Å². The molecule has 0 radical (unpaired) electrons. The lowest BCUT2D eigenvalue weighted by atomic mass is 10.1. The van der Waals surface area contributed by atoms with Crippen LogP contribution in [0.3, 0.4) is 0 Å². The zero-order valence-corrected chi connectivity index (χ0v) is 15.1. The Hall–Kier alpha value is 0.210. The Kier molecular flexibility index (Phi) is 15.9. The lowest BCUT2D eigenvalue weighted by Gasteiger charge is -2.31. The van der Waals surface area contributed by atoms with Crippen molar-refractivity contribution in [2.45, 2.75) is 84.2 Å². The normalized spacial score (nSPS) is 13.1. The maximum atomic E-state index is 9.43. The molecule has 20 heavy (non-hydrogen) atoms. The molecule has 0 aromatic heterocycles. The molecule has 0 aliphatic rings. The van der Waals surface area contributed by atoms with Crippen LogP contribution >= 0.6 is 0 Å². The molecule has 0 spiro atoms. The molecule has 1 unspecified atom stereocenters. The van der Waals surface area contributed by atoms with Gasteiger partial charge < -0.3 is 22.0 Å². The van der Waals surface area contributed by atoms with Crippen molar-refractivity contribution in [3.63, 3.8) is 0 Å². The Morgan fingerprint density at radius 2 is 1.20 bits per heavy atom. The molecular weight excluding hydrogens is 270 g/mol. The Bertz CT molecular complexity index is 195. The van der Waals surface area contributed by atoms with Crippen LogP contribution in [0.15, 0.2) is 0 Å². The fourth-order valence-electron chi connectivity index (χ4n) is 2.83. The molecule has 0 saturated heterocycles. The van der Waals surface area contributed by atoms with Crippen LogP contribution < -0.4 is 12.4 Å². The number of likely N-dealkylation sites (N-methyl/N-ethyl adjacent to an activating group) is 1. The molecule has 124 valence electrons. The molecule has 0 rings (SSSR count). The molecule has 1 atom stereocenters. The first kappa shape index (κ1) is 22.5. The first-order valence-corrected chi connectivity index (χ1v) is 8.48. The van der Waals surface area contributed by atoms with Crippen LogP contribution in [0.5, 0.6) is 0 Å². The van der Waals surface area contributed by atoms with Gasteiger partial charge >= 0.3 is 0 Å². The smallest absolute Gasteiger partial charge is 0.104 e. The summed E-state index contributed by atoms with van der Waals surface area (Å²) in [5.41, 5.74) is 0. The molecule has 0 aliphatic heterocycles. The Labute approximate surface area is 133 Å². The summed E-state index contributed by atoms with van der Waals surface area (Å²) in [6.07, 6.45) is 13.8. The highest BCUT2D eigenvalue weighted by atomic mass is 35.5. The predicted octanol–water partition coefficient (Wildman–Crippen LogP) is 1.37. The SMILES string of the molecule is CCCCCCCCCCCC[N+](C)(C)CC(C)O.[Cl-]. The predicted molar refractivity (Wildman–Crippen MR) is 85.4 cm³/mol. The van der Waals surface area contributed by atoms with Crippen molar-refractivity contribution in [2.75, 3.05) is 27.2 Å². The number of unbranched alkanes of at least 4 members (excludes halogenated alkanes) is 9. The molecule has 0 fully saturated rings. The van der Waals surface area contributed by atoms with Gasteiger partial charge in [0.15, 0.2) is 0 Å². The third-order valence-corrected chi connectivity index (χ3v) is 3.88. The van der Waals surface area contributed by atoms with Gasteiger partial charge in [-0.25, -0.2) is 0 Å². The van der Waals surface area contributed by atoms with E-state index in [1.165, 1.54) is 70.8 Å². The van der Waals surface area contributed by atoms with Crippen molar-refractivity contribution in [2.24, 2.45) is 0 Å². The number of aliphatic hydroxyl groups excluding tert-OH is 1. The maximum Gasteiger partial charge on any atom is 0.104 e. The molecule has 0 heterocycles. The van der Waals surface area contributed by atoms with Crippen LogP contribution in [-0.2, 0) is 0 Å². The van der Waals surface area contributed by atoms with E-state index in [0.29, 0.717) is 0 Å². The second kappa shape index (κ2) is 14.2. The summed E-state index contributed by atoms with van der Waals surface area (Å²) in [7, 11) is 4.45. The monoisotopic (exact) mass is 307 g/mol. The maximum absolute atomic E-state index is 9.43. The standard InChI is InChI=1S/C17H38NO.ClH/c1-5-6-7-8-9-10-11-12-13-14-15-18(3,4)16-17(2)19;/h17,19H,5-16H2,1-4H3;1H/q+1;/p-1. The number of rotatable bonds is 13. The van der Waals surface area contributed by atoms with E-state index in [1.807, 2.05) is 6.92 Å². The fraction of sp³-hybridized carbons (Fsp3) is 1.00. The molecule has 0 aromatic rings. The van der Waals surface area contributed by atoms with Crippen LogP contribution in [0, 0.1) is 0 Å². The summed E-state index contributed by atoms with van der Waals surface area (Å²) in [6.45, 7) is 6.23. The van der Waals surface area contributed by atoms with Crippen LogP contribution in [0.25, 0.3) is 0 Å². The highest BCUT2D eigenvalue weighted by Crippen LogP contribution is 2.11. The fourth-order valence-corrected chi connectivity index (χ4v) is 2.83. The molecule has 3 heteroatoms. The van der Waals surface area contributed by atoms with Gasteiger partial charge in [0.25, 0.3) is 0 Å². The lowest BCUT2D eigenvalue weighted by molar-refractivity contribution is -0.893. The number of hydrogen-bond acceptors (Lipinski definition) is 1. The Balaban J connectivity index is 0. The molecular formula is C17H38ClNO. The van der Waals surface area contributed by atoms with E-state index in [2.05, 4.69) is 21.0 Å². The summed E-state index contributed by atoms with van der Waals surface area (Å²) in [5.74, 6) is 0. The Morgan fingerprint density at radius 1 is 0.800 bits per heavy atom. The number of quaternary nitrogens is 1. The van der Waals surface area contributed by atoms with Gasteiger partial charge in [0.1, 0.15) is 12.6 Å². The Morgan fingerprint density at radius 3 is 1.60 bits per heavy atom. The number of hydrogen-bond donors (Lipinski definition) is 1. The zero-order valence-electron chi connectivity index (χ0n) is 14.3. The van der Waals surface area contributed by atoms with E-state index in [1.54, 1.807) is 0 Å². The van der Waals surface area contributed by atoms with Crippen LogP contribution in [0.1, 0.15) is 78.1 Å². The number of aliphatic hydroxyl groups is 1. The van der Waals surface area contributed by atoms with Crippen molar-refractivity contribution < 1.29 is 22.0 Å². The van der Waals surface area contributed by atoms with Gasteiger partial charge in [-0.05, 0) is 19.8 Å². The van der Waals surface area contributed by atoms with E-state index in [-0.39, 0.29) is 18.5 Å². The third-order valence-electron chi connectivity index (χ3n) is 3.88. The van der Waals surface area contributed by atoms with E-state index in [4.69, 9.17) is 0 Å². The van der Waals surface area contributed by atoms with E-state index in [9.17, 15) is 5.11 Å². The molecule has 0 bridgehead atoms. The minimum Gasteiger partial charge on any atom is -1.00 e. The zero-order chi connectivity index (χ0) is 14.6. The van der Waals surface area contributed by atoms with Gasteiger partial charge in [-0.3, -0.25) is 0 Å². The van der Waals surface area contributed by atoms with Crippen LogP contribution in [-0.4, -0.2) is 42.9 Å². The van der Waals surface area contributed by atoms with Crippen molar-refractivity contribution in [1.82, 2.24) is 0 Å². The van der Waals surface area contributed by atoms with Crippen molar-refractivity contribution in [1.29, 1.82) is 0 Å². The van der Waals surface area contributed by atoms with Gasteiger partial charge in [0.05, 0.1) is 20.6 Å². The lowest BCUT2D eigenvalue weighted by Crippen LogP contribution is -3.00. The van der Waals surface area contributed by atoms with Gasteiger partial charge in [-0.2, -0.15) is 0 Å². The average Bonchev–Trinajstić information content (AvgIpc) is 2.30. The third kappa shape index (κ3) is 16.3. The van der Waals surface area contributed by atoms with Crippen molar-refractivity contribution in [3.05, 3.63) is 0 Å². The first-order valence-electron chi connectivity index (χ1n) is 8.48. The highest BCUT2D eigenvalue weighted by molar-refractivity contribution is 4.49. The molecule has 1 N–H and O–H groups in total. The minimum absolute atomic E-state index is 0. The first-order chi connectivity index (χ1) is 8.98. The molecule has 0 amide bonds. The van der Waals surface area contributed by atoms with E-state index >= 15 is 0 Å². The summed E-state index contributed by atoms with van der Waals surface area (Å²) in [5, 5.41) is 9.43. The van der Waals surface area contributed by atoms with Crippen LogP contribution in [0.2, 0.25) is 0 Å². The van der Waals surface area contributed by atoms with E-state index in [0.717, 1.165) is 11.0 Å². The highest BCUT2D eigenvalue weighted by Gasteiger charge is 2.16.